The van der Waals surface area contributed by atoms with Crippen molar-refractivity contribution in [2.75, 3.05) is 22.5 Å². The van der Waals surface area contributed by atoms with E-state index in [4.69, 9.17) is 10.5 Å². The van der Waals surface area contributed by atoms with Crippen LogP contribution in [-0.2, 0) is 9.53 Å². The molecule has 1 aliphatic carbocycles. The Hall–Kier alpha value is -3.50. The highest BCUT2D eigenvalue weighted by Gasteiger charge is 2.48. The number of halogens is 3. The van der Waals surface area contributed by atoms with E-state index in [1.54, 1.807) is 17.2 Å². The third-order valence-corrected chi connectivity index (χ3v) is 6.02. The van der Waals surface area contributed by atoms with Crippen molar-refractivity contribution < 1.29 is 32.2 Å². The summed E-state index contributed by atoms with van der Waals surface area (Å²) in [5, 5.41) is 2.60. The van der Waals surface area contributed by atoms with Crippen LogP contribution in [0.4, 0.5) is 35.0 Å². The van der Waals surface area contributed by atoms with E-state index in [0.717, 1.165) is 12.1 Å². The van der Waals surface area contributed by atoms with E-state index in [1.807, 2.05) is 13.0 Å². The van der Waals surface area contributed by atoms with Gasteiger partial charge in [0.05, 0.1) is 29.3 Å². The van der Waals surface area contributed by atoms with Crippen molar-refractivity contribution in [1.82, 2.24) is 4.98 Å². The number of aryl methyl sites for hydroxylation is 1. The van der Waals surface area contributed by atoms with Crippen molar-refractivity contribution in [3.63, 3.8) is 0 Å². The van der Waals surface area contributed by atoms with Gasteiger partial charge in [-0.05, 0) is 56.9 Å². The van der Waals surface area contributed by atoms with Crippen LogP contribution in [0, 0.1) is 12.8 Å². The monoisotopic (exact) mass is 464 g/mol. The molecule has 2 heterocycles. The van der Waals surface area contributed by atoms with E-state index >= 15 is 0 Å². The van der Waals surface area contributed by atoms with E-state index in [0.29, 0.717) is 43.6 Å². The number of carbonyl (C=O) groups excluding carboxylic acids is 2. The highest BCUT2D eigenvalue weighted by Crippen LogP contribution is 2.41. The molecule has 2 amide bonds. The molecule has 1 spiro atoms. The average molecular weight is 464 g/mol. The zero-order chi connectivity index (χ0) is 23.8. The molecular formula is C22H23F3N4O4. The molecular weight excluding hydrogens is 441 g/mol. The van der Waals surface area contributed by atoms with Crippen LogP contribution in [-0.4, -0.2) is 35.5 Å². The molecule has 2 fully saturated rings. The number of nitrogens with zero attached hydrogens (tertiary/aromatic N) is 2. The summed E-state index contributed by atoms with van der Waals surface area (Å²) < 4.78 is 47.0. The minimum absolute atomic E-state index is 0.0487. The maximum absolute atomic E-state index is 12.8. The van der Waals surface area contributed by atoms with Crippen molar-refractivity contribution in [3.05, 3.63) is 42.2 Å². The second-order valence-corrected chi connectivity index (χ2v) is 8.31. The number of alkyl halides is 3. The van der Waals surface area contributed by atoms with Gasteiger partial charge in [0.15, 0.2) is 0 Å². The van der Waals surface area contributed by atoms with Gasteiger partial charge >= 0.3 is 12.5 Å². The fraction of sp³-hybridized carbons (Fsp3) is 0.409. The fourth-order valence-electron chi connectivity index (χ4n) is 4.31. The summed E-state index contributed by atoms with van der Waals surface area (Å²) in [5.74, 6) is -1.22. The number of nitrogens with two attached hydrogens (primary N) is 1. The van der Waals surface area contributed by atoms with Gasteiger partial charge in [0.1, 0.15) is 11.4 Å². The highest BCUT2D eigenvalue weighted by atomic mass is 19.4. The standard InChI is InChI=1S/C22H23F3N4O4/c1-13-18(3-2-10-27-13)29-12-21(33-20(29)31)8-6-14(7-9-21)19(30)28-17-11-15(4-5-16(17)26)32-22(23,24)25/h2-5,10-11,14H,6-9,12,26H2,1H3,(H,28,30)/t14-,21-. The van der Waals surface area contributed by atoms with E-state index < -0.39 is 29.7 Å². The molecule has 0 bridgehead atoms. The maximum Gasteiger partial charge on any atom is 0.573 e. The summed E-state index contributed by atoms with van der Waals surface area (Å²) in [4.78, 5) is 31.1. The lowest BCUT2D eigenvalue weighted by Gasteiger charge is -2.34. The predicted octanol–water partition coefficient (Wildman–Crippen LogP) is 4.40. The third-order valence-electron chi connectivity index (χ3n) is 6.02. The number of nitrogens with one attached hydrogen (secondary N) is 1. The third kappa shape index (κ3) is 4.96. The number of carbonyl (C=O) groups is 2. The van der Waals surface area contributed by atoms with Crippen LogP contribution in [0.5, 0.6) is 5.75 Å². The van der Waals surface area contributed by atoms with Gasteiger partial charge in [-0.15, -0.1) is 13.2 Å². The first-order valence-electron chi connectivity index (χ1n) is 10.4. The molecule has 1 aromatic carbocycles. The van der Waals surface area contributed by atoms with Crippen LogP contribution in [0.15, 0.2) is 36.5 Å². The summed E-state index contributed by atoms with van der Waals surface area (Å²) >= 11 is 0. The number of rotatable bonds is 4. The zero-order valence-corrected chi connectivity index (χ0v) is 17.8. The summed E-state index contributed by atoms with van der Waals surface area (Å²) in [6.45, 7) is 2.19. The number of anilines is 3. The highest BCUT2D eigenvalue weighted by molar-refractivity contribution is 5.96. The molecule has 2 aromatic rings. The minimum atomic E-state index is -4.85. The zero-order valence-electron chi connectivity index (χ0n) is 17.8. The summed E-state index contributed by atoms with van der Waals surface area (Å²) in [5.41, 5.74) is 6.70. The lowest BCUT2D eigenvalue weighted by atomic mass is 9.78. The molecule has 176 valence electrons. The Balaban J connectivity index is 1.39. The van der Waals surface area contributed by atoms with Crippen LogP contribution >= 0.6 is 0 Å². The van der Waals surface area contributed by atoms with Crippen LogP contribution in [0.2, 0.25) is 0 Å². The molecule has 0 atom stereocenters. The van der Waals surface area contributed by atoms with Crippen LogP contribution in [0.25, 0.3) is 0 Å². The molecule has 11 heteroatoms. The van der Waals surface area contributed by atoms with Crippen LogP contribution < -0.4 is 20.7 Å². The number of hydrogen-bond acceptors (Lipinski definition) is 6. The first kappa shape index (κ1) is 22.7. The molecule has 1 aliphatic heterocycles. The number of amides is 2. The van der Waals surface area contributed by atoms with Gasteiger partial charge in [-0.1, -0.05) is 0 Å². The lowest BCUT2D eigenvalue weighted by molar-refractivity contribution is -0.274. The van der Waals surface area contributed by atoms with Crippen molar-refractivity contribution in [2.24, 2.45) is 5.92 Å². The van der Waals surface area contributed by atoms with Gasteiger partial charge in [-0.3, -0.25) is 14.7 Å². The van der Waals surface area contributed by atoms with Crippen molar-refractivity contribution in [2.45, 2.75) is 44.6 Å². The smallest absolute Gasteiger partial charge is 0.441 e. The molecule has 1 aromatic heterocycles. The minimum Gasteiger partial charge on any atom is -0.441 e. The lowest BCUT2D eigenvalue weighted by Crippen LogP contribution is -2.41. The number of hydrogen-bond donors (Lipinski definition) is 2. The summed E-state index contributed by atoms with van der Waals surface area (Å²) in [6, 6.07) is 6.91. The average Bonchev–Trinajstić information content (AvgIpc) is 3.05. The number of aromatic nitrogens is 1. The van der Waals surface area contributed by atoms with Gasteiger partial charge < -0.3 is 20.5 Å². The molecule has 3 N–H and O–H groups in total. The van der Waals surface area contributed by atoms with Gasteiger partial charge in [0, 0.05) is 18.2 Å². The first-order chi connectivity index (χ1) is 15.6. The topological polar surface area (TPSA) is 107 Å². The van der Waals surface area contributed by atoms with E-state index in [2.05, 4.69) is 15.0 Å². The molecule has 2 aliphatic rings. The number of nitrogen functional groups attached to an aromatic ring is 1. The first-order valence-corrected chi connectivity index (χ1v) is 10.4. The fourth-order valence-corrected chi connectivity index (χ4v) is 4.31. The number of benzene rings is 1. The predicted molar refractivity (Wildman–Crippen MR) is 114 cm³/mol. The van der Waals surface area contributed by atoms with Gasteiger partial charge in [0.2, 0.25) is 5.91 Å². The van der Waals surface area contributed by atoms with Crippen molar-refractivity contribution in [3.8, 4) is 5.75 Å². The molecule has 1 saturated carbocycles. The second-order valence-electron chi connectivity index (χ2n) is 8.31. The van der Waals surface area contributed by atoms with Gasteiger partial charge in [-0.25, -0.2) is 4.79 Å². The molecule has 8 nitrogen and oxygen atoms in total. The van der Waals surface area contributed by atoms with Crippen LogP contribution in [0.1, 0.15) is 31.4 Å². The van der Waals surface area contributed by atoms with Crippen molar-refractivity contribution in [1.29, 1.82) is 0 Å². The Morgan fingerprint density at radius 2 is 2.03 bits per heavy atom. The SMILES string of the molecule is Cc1ncccc1N1C[C@]2(CC[C@@H](C(=O)Nc3cc(OC(F)(F)F)ccc3N)CC2)OC1=O. The second kappa shape index (κ2) is 8.45. The maximum atomic E-state index is 12.8. The quantitative estimate of drug-likeness (QED) is 0.650. The molecule has 33 heavy (non-hydrogen) atoms. The Labute approximate surface area is 187 Å². The largest absolute Gasteiger partial charge is 0.573 e. The number of ether oxygens (including phenoxy) is 2. The Kier molecular flexibility index (Phi) is 5.81. The summed E-state index contributed by atoms with van der Waals surface area (Å²) in [6.07, 6.45) is -1.76. The van der Waals surface area contributed by atoms with Gasteiger partial charge in [-0.2, -0.15) is 0 Å². The molecule has 4 rings (SSSR count). The van der Waals surface area contributed by atoms with E-state index in [1.165, 1.54) is 6.07 Å². The van der Waals surface area contributed by atoms with E-state index in [9.17, 15) is 22.8 Å². The molecule has 0 unspecified atom stereocenters. The Morgan fingerprint density at radius 3 is 2.70 bits per heavy atom. The normalized spacial score (nSPS) is 22.8. The Morgan fingerprint density at radius 1 is 1.30 bits per heavy atom. The van der Waals surface area contributed by atoms with Gasteiger partial charge in [0.25, 0.3) is 0 Å². The number of pyridine rings is 1. The Bertz CT molecular complexity index is 1070. The molecule has 0 radical (unpaired) electrons. The van der Waals surface area contributed by atoms with Crippen molar-refractivity contribution >= 4 is 29.1 Å². The summed E-state index contributed by atoms with van der Waals surface area (Å²) in [7, 11) is 0. The molecule has 1 saturated heterocycles. The van der Waals surface area contributed by atoms with E-state index in [-0.39, 0.29) is 17.3 Å². The van der Waals surface area contributed by atoms with Crippen LogP contribution in [0.3, 0.4) is 0 Å².